The Hall–Kier alpha value is -0.790. The van der Waals surface area contributed by atoms with Crippen molar-refractivity contribution < 1.29 is 9.90 Å². The van der Waals surface area contributed by atoms with Gasteiger partial charge in [0.05, 0.1) is 0 Å². The number of allylic oxidation sites excluding steroid dienone is 1. The van der Waals surface area contributed by atoms with E-state index in [0.29, 0.717) is 12.0 Å². The van der Waals surface area contributed by atoms with Crippen molar-refractivity contribution in [2.45, 2.75) is 39.5 Å². The lowest BCUT2D eigenvalue weighted by Gasteiger charge is -1.97. The van der Waals surface area contributed by atoms with Crippen molar-refractivity contribution in [3.8, 4) is 0 Å². The zero-order valence-corrected chi connectivity index (χ0v) is 7.26. The molecule has 0 amide bonds. The highest BCUT2D eigenvalue weighted by atomic mass is 16.4. The highest BCUT2D eigenvalue weighted by Crippen LogP contribution is 2.06. The molecule has 11 heavy (non-hydrogen) atoms. The lowest BCUT2D eigenvalue weighted by Crippen LogP contribution is -1.99. The molecule has 0 aliphatic heterocycles. The van der Waals surface area contributed by atoms with Crippen molar-refractivity contribution >= 4 is 5.97 Å². The molecule has 0 fully saturated rings. The Balaban J connectivity index is 3.97. The Morgan fingerprint density at radius 2 is 2.00 bits per heavy atom. The fourth-order valence-corrected chi connectivity index (χ4v) is 0.884. The van der Waals surface area contributed by atoms with Gasteiger partial charge in [-0.05, 0) is 12.8 Å². The monoisotopic (exact) mass is 156 g/mol. The number of carboxylic acid groups (broad SMARTS) is 1. The summed E-state index contributed by atoms with van der Waals surface area (Å²) in [5, 5.41) is 8.66. The van der Waals surface area contributed by atoms with E-state index in [2.05, 4.69) is 0 Å². The lowest BCUT2D eigenvalue weighted by atomic mass is 10.1. The van der Waals surface area contributed by atoms with E-state index < -0.39 is 5.97 Å². The van der Waals surface area contributed by atoms with Crippen LogP contribution in [0.3, 0.4) is 0 Å². The molecule has 0 atom stereocenters. The second-order valence-corrected chi connectivity index (χ2v) is 2.57. The molecular formula is C9H16O2. The maximum atomic E-state index is 10.5. The molecule has 0 saturated carbocycles. The van der Waals surface area contributed by atoms with Crippen LogP contribution >= 0.6 is 0 Å². The van der Waals surface area contributed by atoms with Gasteiger partial charge < -0.3 is 5.11 Å². The van der Waals surface area contributed by atoms with Gasteiger partial charge in [0, 0.05) is 5.57 Å². The minimum Gasteiger partial charge on any atom is -0.478 e. The first-order chi connectivity index (χ1) is 5.22. The second-order valence-electron chi connectivity index (χ2n) is 2.57. The normalized spacial score (nSPS) is 11.6. The van der Waals surface area contributed by atoms with Crippen LogP contribution in [0.1, 0.15) is 39.5 Å². The number of hydrogen-bond donors (Lipinski definition) is 1. The molecule has 0 spiro atoms. The van der Waals surface area contributed by atoms with E-state index in [4.69, 9.17) is 5.11 Å². The number of carbonyl (C=O) groups is 1. The smallest absolute Gasteiger partial charge is 0.331 e. The Labute approximate surface area is 67.9 Å². The zero-order valence-electron chi connectivity index (χ0n) is 7.26. The van der Waals surface area contributed by atoms with Crippen LogP contribution in [0.2, 0.25) is 0 Å². The molecule has 0 aromatic carbocycles. The predicted molar refractivity (Wildman–Crippen MR) is 45.5 cm³/mol. The minimum absolute atomic E-state index is 0.564. The van der Waals surface area contributed by atoms with E-state index in [1.165, 1.54) is 0 Å². The fraction of sp³-hybridized carbons (Fsp3) is 0.667. The van der Waals surface area contributed by atoms with Crippen molar-refractivity contribution in [1.82, 2.24) is 0 Å². The SMILES string of the molecule is CCC/C=C(/CCC)C(=O)O. The topological polar surface area (TPSA) is 37.3 Å². The highest BCUT2D eigenvalue weighted by Gasteiger charge is 2.03. The molecule has 64 valence electrons. The van der Waals surface area contributed by atoms with Crippen LogP contribution < -0.4 is 0 Å². The summed E-state index contributed by atoms with van der Waals surface area (Å²) in [6.45, 7) is 4.03. The van der Waals surface area contributed by atoms with E-state index in [9.17, 15) is 4.79 Å². The summed E-state index contributed by atoms with van der Waals surface area (Å²) in [6.07, 6.45) is 5.31. The van der Waals surface area contributed by atoms with Crippen molar-refractivity contribution in [3.05, 3.63) is 11.6 Å². The average Bonchev–Trinajstić information content (AvgIpc) is 1.97. The van der Waals surface area contributed by atoms with Gasteiger partial charge in [-0.15, -0.1) is 0 Å². The Morgan fingerprint density at radius 3 is 2.36 bits per heavy atom. The van der Waals surface area contributed by atoms with Gasteiger partial charge in [0.1, 0.15) is 0 Å². The van der Waals surface area contributed by atoms with Gasteiger partial charge in [-0.3, -0.25) is 0 Å². The molecule has 0 heterocycles. The van der Waals surface area contributed by atoms with Gasteiger partial charge in [-0.2, -0.15) is 0 Å². The Bertz CT molecular complexity index is 148. The zero-order chi connectivity index (χ0) is 8.69. The third-order valence-electron chi connectivity index (χ3n) is 1.47. The first-order valence-corrected chi connectivity index (χ1v) is 4.14. The Morgan fingerprint density at radius 1 is 1.36 bits per heavy atom. The first kappa shape index (κ1) is 10.2. The molecule has 0 saturated heterocycles. The van der Waals surface area contributed by atoms with Crippen molar-refractivity contribution in [2.75, 3.05) is 0 Å². The van der Waals surface area contributed by atoms with E-state index in [1.807, 2.05) is 19.9 Å². The van der Waals surface area contributed by atoms with E-state index in [0.717, 1.165) is 19.3 Å². The summed E-state index contributed by atoms with van der Waals surface area (Å²) < 4.78 is 0. The quantitative estimate of drug-likeness (QED) is 0.621. The van der Waals surface area contributed by atoms with Gasteiger partial charge in [-0.25, -0.2) is 4.79 Å². The molecule has 0 aliphatic rings. The number of carboxylic acids is 1. The standard InChI is InChI=1S/C9H16O2/c1-3-5-7-8(6-4-2)9(10)11/h7H,3-6H2,1-2H3,(H,10,11)/b8-7-. The van der Waals surface area contributed by atoms with E-state index >= 15 is 0 Å². The molecular weight excluding hydrogens is 140 g/mol. The van der Waals surface area contributed by atoms with Gasteiger partial charge in [0.25, 0.3) is 0 Å². The predicted octanol–water partition coefficient (Wildman–Crippen LogP) is 2.60. The number of unbranched alkanes of at least 4 members (excludes halogenated alkanes) is 1. The third-order valence-corrected chi connectivity index (χ3v) is 1.47. The van der Waals surface area contributed by atoms with Gasteiger partial charge in [-0.1, -0.05) is 32.8 Å². The van der Waals surface area contributed by atoms with Gasteiger partial charge in [0.2, 0.25) is 0 Å². The molecule has 0 rings (SSSR count). The first-order valence-electron chi connectivity index (χ1n) is 4.14. The molecule has 2 nitrogen and oxygen atoms in total. The Kier molecular flexibility index (Phi) is 5.53. The van der Waals surface area contributed by atoms with Crippen LogP contribution in [0.15, 0.2) is 11.6 Å². The van der Waals surface area contributed by atoms with Crippen molar-refractivity contribution in [3.63, 3.8) is 0 Å². The fourth-order valence-electron chi connectivity index (χ4n) is 0.884. The van der Waals surface area contributed by atoms with Crippen LogP contribution in [0.5, 0.6) is 0 Å². The molecule has 0 aromatic rings. The molecule has 0 aliphatic carbocycles. The largest absolute Gasteiger partial charge is 0.478 e. The van der Waals surface area contributed by atoms with Gasteiger partial charge in [0.15, 0.2) is 0 Å². The van der Waals surface area contributed by atoms with Crippen molar-refractivity contribution in [2.24, 2.45) is 0 Å². The summed E-state index contributed by atoms with van der Waals surface area (Å²) in [6, 6.07) is 0. The van der Waals surface area contributed by atoms with E-state index in [-0.39, 0.29) is 0 Å². The number of aliphatic carboxylic acids is 1. The second kappa shape index (κ2) is 5.96. The lowest BCUT2D eigenvalue weighted by molar-refractivity contribution is -0.132. The summed E-state index contributed by atoms with van der Waals surface area (Å²) in [5.41, 5.74) is 0.564. The molecule has 0 bridgehead atoms. The highest BCUT2D eigenvalue weighted by molar-refractivity contribution is 5.86. The maximum Gasteiger partial charge on any atom is 0.331 e. The van der Waals surface area contributed by atoms with Crippen molar-refractivity contribution in [1.29, 1.82) is 0 Å². The summed E-state index contributed by atoms with van der Waals surface area (Å²) in [5.74, 6) is -0.764. The summed E-state index contributed by atoms with van der Waals surface area (Å²) in [7, 11) is 0. The van der Waals surface area contributed by atoms with Crippen LogP contribution in [0.25, 0.3) is 0 Å². The average molecular weight is 156 g/mol. The third kappa shape index (κ3) is 4.59. The summed E-state index contributed by atoms with van der Waals surface area (Å²) >= 11 is 0. The van der Waals surface area contributed by atoms with Crippen LogP contribution in [0.4, 0.5) is 0 Å². The molecule has 0 radical (unpaired) electrons. The molecule has 2 heteroatoms. The molecule has 0 unspecified atom stereocenters. The maximum absolute atomic E-state index is 10.5. The number of hydrogen-bond acceptors (Lipinski definition) is 1. The number of rotatable bonds is 5. The van der Waals surface area contributed by atoms with Crippen LogP contribution in [0, 0.1) is 0 Å². The molecule has 1 N–H and O–H groups in total. The molecule has 0 aromatic heterocycles. The summed E-state index contributed by atoms with van der Waals surface area (Å²) in [4.78, 5) is 10.5. The van der Waals surface area contributed by atoms with Gasteiger partial charge >= 0.3 is 5.97 Å². The van der Waals surface area contributed by atoms with E-state index in [1.54, 1.807) is 0 Å². The minimum atomic E-state index is -0.764. The van der Waals surface area contributed by atoms with Crippen LogP contribution in [-0.4, -0.2) is 11.1 Å². The van der Waals surface area contributed by atoms with Crippen LogP contribution in [-0.2, 0) is 4.79 Å².